The Morgan fingerprint density at radius 3 is 2.69 bits per heavy atom. The van der Waals surface area contributed by atoms with Gasteiger partial charge in [-0.1, -0.05) is 18.2 Å². The molecule has 2 atom stereocenters. The number of hydrogen-bond donors (Lipinski definition) is 2. The second-order valence-electron chi connectivity index (χ2n) is 7.89. The van der Waals surface area contributed by atoms with Gasteiger partial charge in [0.05, 0.1) is 24.2 Å². The Hall–Kier alpha value is -3.20. The van der Waals surface area contributed by atoms with Gasteiger partial charge in [0, 0.05) is 47.7 Å². The van der Waals surface area contributed by atoms with Crippen molar-refractivity contribution in [2.24, 2.45) is 0 Å². The van der Waals surface area contributed by atoms with Gasteiger partial charge < -0.3 is 14.8 Å². The number of aliphatic hydroxyl groups is 1. The lowest BCUT2D eigenvalue weighted by atomic mass is 9.95. The van der Waals surface area contributed by atoms with Gasteiger partial charge in [-0.2, -0.15) is 4.31 Å². The summed E-state index contributed by atoms with van der Waals surface area (Å²) in [7, 11) is -2.19. The van der Waals surface area contributed by atoms with Crippen molar-refractivity contribution in [3.63, 3.8) is 0 Å². The SMILES string of the molecule is COc1ccc2c(C[C@@H]3[C@H](O)c4ccccc4S(=O)(=O)N3Cc3ccncc3)c[nH]c2c1. The van der Waals surface area contributed by atoms with Crippen molar-refractivity contribution < 1.29 is 18.3 Å². The van der Waals surface area contributed by atoms with Gasteiger partial charge in [0.15, 0.2) is 0 Å². The zero-order valence-electron chi connectivity index (χ0n) is 17.5. The number of benzene rings is 2. The summed E-state index contributed by atoms with van der Waals surface area (Å²) in [6, 6.07) is 15.3. The third kappa shape index (κ3) is 3.46. The van der Waals surface area contributed by atoms with Gasteiger partial charge in [0.25, 0.3) is 0 Å². The van der Waals surface area contributed by atoms with Crippen LogP contribution in [0.2, 0.25) is 0 Å². The van der Waals surface area contributed by atoms with Crippen LogP contribution in [-0.4, -0.2) is 40.9 Å². The number of fused-ring (bicyclic) bond motifs is 2. The molecule has 3 heterocycles. The average Bonchev–Trinajstić information content (AvgIpc) is 3.22. The number of methoxy groups -OCH3 is 1. The summed E-state index contributed by atoms with van der Waals surface area (Å²) in [4.78, 5) is 7.41. The van der Waals surface area contributed by atoms with Gasteiger partial charge in [-0.3, -0.25) is 4.98 Å². The van der Waals surface area contributed by atoms with Crippen LogP contribution in [-0.2, 0) is 23.0 Å². The normalized spacial score (nSPS) is 20.2. The monoisotopic (exact) mass is 449 g/mol. The Bertz CT molecular complexity index is 1370. The standard InChI is InChI=1S/C24H23N3O4S/c1-31-18-6-7-19-17(14-26-21(19)13-18)12-22-24(28)20-4-2-3-5-23(20)32(29,30)27(22)15-16-8-10-25-11-9-16/h2-11,13-14,22,24,26,28H,12,15H2,1H3/t22-,24-/m1/s1. The van der Waals surface area contributed by atoms with Crippen molar-refractivity contribution >= 4 is 20.9 Å². The number of nitrogens with one attached hydrogen (secondary N) is 1. The van der Waals surface area contributed by atoms with Gasteiger partial charge in [-0.05, 0) is 47.9 Å². The van der Waals surface area contributed by atoms with Gasteiger partial charge in [0.2, 0.25) is 10.0 Å². The molecule has 0 unspecified atom stereocenters. The highest BCUT2D eigenvalue weighted by Gasteiger charge is 2.43. The first kappa shape index (κ1) is 20.7. The van der Waals surface area contributed by atoms with Crippen LogP contribution in [0.4, 0.5) is 0 Å². The molecule has 32 heavy (non-hydrogen) atoms. The average molecular weight is 450 g/mol. The molecular weight excluding hydrogens is 426 g/mol. The molecule has 0 fully saturated rings. The fourth-order valence-corrected chi connectivity index (χ4v) is 6.25. The van der Waals surface area contributed by atoms with Crippen molar-refractivity contribution in [1.29, 1.82) is 0 Å². The molecule has 1 aliphatic heterocycles. The molecule has 1 aliphatic rings. The molecule has 0 bridgehead atoms. The number of aromatic amines is 1. The molecule has 0 saturated heterocycles. The van der Waals surface area contributed by atoms with Gasteiger partial charge >= 0.3 is 0 Å². The van der Waals surface area contributed by atoms with E-state index in [-0.39, 0.29) is 11.4 Å². The summed E-state index contributed by atoms with van der Waals surface area (Å²) in [6.45, 7) is 0.150. The molecule has 164 valence electrons. The second kappa shape index (κ2) is 8.05. The molecule has 2 N–H and O–H groups in total. The van der Waals surface area contributed by atoms with Gasteiger partial charge in [0.1, 0.15) is 5.75 Å². The maximum atomic E-state index is 13.6. The van der Waals surface area contributed by atoms with Gasteiger partial charge in [-0.15, -0.1) is 0 Å². The molecule has 0 spiro atoms. The highest BCUT2D eigenvalue weighted by Crippen LogP contribution is 2.39. The maximum absolute atomic E-state index is 13.6. The number of aromatic nitrogens is 2. The Morgan fingerprint density at radius 1 is 1.12 bits per heavy atom. The minimum Gasteiger partial charge on any atom is -0.497 e. The number of nitrogens with zero attached hydrogens (tertiary/aromatic N) is 2. The third-order valence-electron chi connectivity index (χ3n) is 6.05. The predicted octanol–water partition coefficient (Wildman–Crippen LogP) is 3.42. The molecule has 7 nitrogen and oxygen atoms in total. The van der Waals surface area contributed by atoms with E-state index in [0.29, 0.717) is 12.0 Å². The van der Waals surface area contributed by atoms with Crippen molar-refractivity contribution in [1.82, 2.24) is 14.3 Å². The minimum absolute atomic E-state index is 0.150. The van der Waals surface area contributed by atoms with E-state index in [0.717, 1.165) is 27.8 Å². The van der Waals surface area contributed by atoms with Crippen LogP contribution >= 0.6 is 0 Å². The van der Waals surface area contributed by atoms with Crippen LogP contribution in [0.1, 0.15) is 22.8 Å². The number of hydrogen-bond acceptors (Lipinski definition) is 5. The van der Waals surface area contributed by atoms with Crippen LogP contribution in [0.5, 0.6) is 5.75 Å². The van der Waals surface area contributed by atoms with Crippen LogP contribution in [0.3, 0.4) is 0 Å². The molecule has 5 rings (SSSR count). The maximum Gasteiger partial charge on any atom is 0.244 e. The quantitative estimate of drug-likeness (QED) is 0.487. The molecule has 4 aromatic rings. The second-order valence-corrected chi connectivity index (χ2v) is 9.74. The molecule has 0 amide bonds. The Morgan fingerprint density at radius 2 is 1.91 bits per heavy atom. The van der Waals surface area contributed by atoms with Crippen molar-refractivity contribution in [3.8, 4) is 5.75 Å². The summed E-state index contributed by atoms with van der Waals surface area (Å²) in [5.41, 5.74) is 3.07. The molecule has 0 aliphatic carbocycles. The number of rotatable bonds is 5. The largest absolute Gasteiger partial charge is 0.497 e. The molecule has 2 aromatic carbocycles. The van der Waals surface area contributed by atoms with E-state index in [1.54, 1.807) is 55.9 Å². The Kier molecular flexibility index (Phi) is 5.21. The summed E-state index contributed by atoms with van der Waals surface area (Å²) in [5.74, 6) is 0.736. The van der Waals surface area contributed by atoms with Gasteiger partial charge in [-0.25, -0.2) is 8.42 Å². The number of aliphatic hydroxyl groups excluding tert-OH is 1. The van der Waals surface area contributed by atoms with Crippen molar-refractivity contribution in [2.75, 3.05) is 7.11 Å². The lowest BCUT2D eigenvalue weighted by Gasteiger charge is -2.39. The topological polar surface area (TPSA) is 95.5 Å². The Labute approximate surface area is 186 Å². The smallest absolute Gasteiger partial charge is 0.244 e. The highest BCUT2D eigenvalue weighted by atomic mass is 32.2. The summed E-state index contributed by atoms with van der Waals surface area (Å²) in [6.07, 6.45) is 4.54. The summed E-state index contributed by atoms with van der Waals surface area (Å²) >= 11 is 0. The van der Waals surface area contributed by atoms with Crippen LogP contribution in [0.25, 0.3) is 10.9 Å². The summed E-state index contributed by atoms with van der Waals surface area (Å²) < 4.78 is 33.9. The van der Waals surface area contributed by atoms with Crippen molar-refractivity contribution in [3.05, 3.63) is 89.9 Å². The lowest BCUT2D eigenvalue weighted by Crippen LogP contribution is -2.48. The zero-order valence-corrected chi connectivity index (χ0v) is 18.3. The van der Waals surface area contributed by atoms with E-state index in [4.69, 9.17) is 4.74 Å². The third-order valence-corrected chi connectivity index (χ3v) is 8.00. The minimum atomic E-state index is -3.81. The van der Waals surface area contributed by atoms with E-state index in [1.807, 2.05) is 24.4 Å². The van der Waals surface area contributed by atoms with E-state index in [2.05, 4.69) is 9.97 Å². The lowest BCUT2D eigenvalue weighted by molar-refractivity contribution is 0.0771. The van der Waals surface area contributed by atoms with E-state index < -0.39 is 22.2 Å². The summed E-state index contributed by atoms with van der Waals surface area (Å²) in [5, 5.41) is 12.3. The highest BCUT2D eigenvalue weighted by molar-refractivity contribution is 7.89. The first-order chi connectivity index (χ1) is 15.5. The number of pyridine rings is 1. The van der Waals surface area contributed by atoms with Crippen LogP contribution in [0.15, 0.2) is 78.1 Å². The number of H-pyrrole nitrogens is 1. The molecule has 2 aromatic heterocycles. The molecule has 0 saturated carbocycles. The van der Waals surface area contributed by atoms with E-state index in [1.165, 1.54) is 4.31 Å². The van der Waals surface area contributed by atoms with E-state index >= 15 is 0 Å². The first-order valence-corrected chi connectivity index (χ1v) is 11.7. The fraction of sp³-hybridized carbons (Fsp3) is 0.208. The Balaban J connectivity index is 1.59. The van der Waals surface area contributed by atoms with Crippen LogP contribution in [0, 0.1) is 0 Å². The van der Waals surface area contributed by atoms with Crippen molar-refractivity contribution in [2.45, 2.75) is 30.0 Å². The number of ether oxygens (including phenoxy) is 1. The molecule has 8 heteroatoms. The first-order valence-electron chi connectivity index (χ1n) is 10.3. The van der Waals surface area contributed by atoms with E-state index in [9.17, 15) is 13.5 Å². The fourth-order valence-electron chi connectivity index (χ4n) is 4.40. The molecular formula is C24H23N3O4S. The van der Waals surface area contributed by atoms with Crippen LogP contribution < -0.4 is 4.74 Å². The number of sulfonamides is 1. The predicted molar refractivity (Wildman–Crippen MR) is 121 cm³/mol. The molecule has 0 radical (unpaired) electrons. The zero-order chi connectivity index (χ0) is 22.3.